The predicted molar refractivity (Wildman–Crippen MR) is 133 cm³/mol. The fraction of sp³-hybridized carbons (Fsp3) is 0.654. The van der Waals surface area contributed by atoms with E-state index in [9.17, 15) is 80.2 Å². The predicted octanol–water partition coefficient (Wildman–Crippen LogP) is 8.71. The van der Waals surface area contributed by atoms with E-state index in [4.69, 9.17) is 0 Å². The van der Waals surface area contributed by atoms with Crippen molar-refractivity contribution in [3.63, 3.8) is 0 Å². The molecule has 0 aliphatic rings. The van der Waals surface area contributed by atoms with Gasteiger partial charge in [-0.2, -0.15) is 65.9 Å². The molecule has 0 radical (unpaired) electrons. The highest BCUT2D eigenvalue weighted by Gasteiger charge is 2.63. The first-order chi connectivity index (χ1) is 20.7. The Balaban J connectivity index is -0.000000621. The fourth-order valence-corrected chi connectivity index (χ4v) is 2.29. The lowest BCUT2D eigenvalue weighted by molar-refractivity contribution is -0.311. The van der Waals surface area contributed by atoms with Crippen molar-refractivity contribution in [2.24, 2.45) is 5.92 Å². The Labute approximate surface area is 258 Å². The van der Waals surface area contributed by atoms with Gasteiger partial charge in [-0.1, -0.05) is 26.7 Å². The normalized spacial score (nSPS) is 14.4. The lowest BCUT2D eigenvalue weighted by atomic mass is 9.97. The number of unbranched alkanes of at least 4 members (excludes halogenated alkanes) is 1. The van der Waals surface area contributed by atoms with Gasteiger partial charge in [0.25, 0.3) is 0 Å². The molecule has 0 heterocycles. The smallest absolute Gasteiger partial charge is 0.457 e. The maximum atomic E-state index is 12.8. The summed E-state index contributed by atoms with van der Waals surface area (Å²) in [4.78, 5) is 31.8. The van der Waals surface area contributed by atoms with E-state index < -0.39 is 78.8 Å². The zero-order valence-corrected chi connectivity index (χ0v) is 25.0. The van der Waals surface area contributed by atoms with Crippen molar-refractivity contribution in [1.29, 1.82) is 0 Å². The molecule has 276 valence electrons. The van der Waals surface area contributed by atoms with Gasteiger partial charge in [-0.15, -0.1) is 0 Å². The molecule has 0 N–H and O–H groups in total. The Morgan fingerprint density at radius 3 is 1.40 bits per heavy atom. The second kappa shape index (κ2) is 18.8. The number of esters is 3. The molecule has 0 spiro atoms. The molecule has 3 atom stereocenters. The Morgan fingerprint density at radius 2 is 1.06 bits per heavy atom. The van der Waals surface area contributed by atoms with Gasteiger partial charge >= 0.3 is 54.2 Å². The maximum absolute atomic E-state index is 12.8. The van der Waals surface area contributed by atoms with Crippen molar-refractivity contribution < 1.29 is 94.5 Å². The minimum Gasteiger partial charge on any atom is -0.462 e. The third-order valence-corrected chi connectivity index (χ3v) is 5.35. The molecule has 0 rings (SSSR count). The summed E-state index contributed by atoms with van der Waals surface area (Å²) in [7, 11) is 0. The molecule has 0 saturated carbocycles. The van der Waals surface area contributed by atoms with E-state index in [1.54, 1.807) is 0 Å². The van der Waals surface area contributed by atoms with E-state index in [1.807, 2.05) is 0 Å². The molecule has 6 nitrogen and oxygen atoms in total. The van der Waals surface area contributed by atoms with E-state index in [1.165, 1.54) is 6.92 Å². The van der Waals surface area contributed by atoms with Crippen LogP contribution >= 0.6 is 0 Å². The molecule has 0 bridgehead atoms. The van der Waals surface area contributed by atoms with E-state index in [2.05, 4.69) is 33.9 Å². The van der Waals surface area contributed by atoms with Crippen molar-refractivity contribution in [2.75, 3.05) is 6.61 Å². The third kappa shape index (κ3) is 16.8. The molecular formula is C26H31F15O6. The van der Waals surface area contributed by atoms with Crippen molar-refractivity contribution in [3.05, 3.63) is 37.5 Å². The third-order valence-electron chi connectivity index (χ3n) is 5.35. The molecule has 0 aliphatic carbocycles. The Bertz CT molecular complexity index is 1050. The molecule has 0 saturated heterocycles. The van der Waals surface area contributed by atoms with Gasteiger partial charge in [0.2, 0.25) is 0 Å². The first-order valence-corrected chi connectivity index (χ1v) is 12.6. The summed E-state index contributed by atoms with van der Waals surface area (Å²) in [6.07, 6.45) is -21.6. The van der Waals surface area contributed by atoms with Gasteiger partial charge < -0.3 is 14.2 Å². The van der Waals surface area contributed by atoms with Gasteiger partial charge in [0.1, 0.15) is 6.10 Å². The van der Waals surface area contributed by atoms with Crippen molar-refractivity contribution >= 4 is 17.9 Å². The lowest BCUT2D eigenvalue weighted by Gasteiger charge is -2.29. The topological polar surface area (TPSA) is 78.9 Å². The lowest BCUT2D eigenvalue weighted by Crippen LogP contribution is -2.47. The van der Waals surface area contributed by atoms with Gasteiger partial charge in [-0.3, -0.25) is 0 Å². The van der Waals surface area contributed by atoms with Crippen LogP contribution < -0.4 is 0 Å². The number of alkyl halides is 15. The number of carbonyl (C=O) groups excluding carboxylic acids is 3. The van der Waals surface area contributed by atoms with Gasteiger partial charge in [0.05, 0.1) is 12.5 Å². The van der Waals surface area contributed by atoms with E-state index in [-0.39, 0.29) is 25.0 Å². The van der Waals surface area contributed by atoms with Crippen LogP contribution in [0, 0.1) is 5.92 Å². The number of hydrogen-bond donors (Lipinski definition) is 0. The first-order valence-electron chi connectivity index (χ1n) is 12.6. The number of halogens is 15. The summed E-state index contributed by atoms with van der Waals surface area (Å²) in [6.45, 7) is 12.4. The molecular weight excluding hydrogens is 693 g/mol. The van der Waals surface area contributed by atoms with Crippen LogP contribution in [0.1, 0.15) is 47.0 Å². The fourth-order valence-electron chi connectivity index (χ4n) is 2.29. The van der Waals surface area contributed by atoms with Gasteiger partial charge in [-0.05, 0) is 33.6 Å². The second-order valence-electron chi connectivity index (χ2n) is 9.24. The van der Waals surface area contributed by atoms with Crippen LogP contribution in [0.5, 0.6) is 0 Å². The Hall–Kier alpha value is -3.42. The van der Waals surface area contributed by atoms with Gasteiger partial charge in [-0.25, -0.2) is 14.4 Å². The molecule has 0 aromatic heterocycles. The molecule has 0 aliphatic heterocycles. The SMILES string of the molecule is C=C(C)C(=O)OCCCCC(F)(F)C(F)(F)F.C=CC(=O)OC(C)C(C)C(F)(F)C(F)(F)F.C=CC(=O)OC(C)C(F)(F)C(F)(F)F. The van der Waals surface area contributed by atoms with Crippen LogP contribution in [-0.2, 0) is 28.6 Å². The van der Waals surface area contributed by atoms with E-state index >= 15 is 0 Å². The van der Waals surface area contributed by atoms with Crippen LogP contribution in [0.4, 0.5) is 65.9 Å². The highest BCUT2D eigenvalue weighted by Crippen LogP contribution is 2.43. The largest absolute Gasteiger partial charge is 0.462 e. The molecule has 3 unspecified atom stereocenters. The molecule has 0 fully saturated rings. The molecule has 47 heavy (non-hydrogen) atoms. The van der Waals surface area contributed by atoms with Crippen molar-refractivity contribution in [3.8, 4) is 0 Å². The second-order valence-corrected chi connectivity index (χ2v) is 9.24. The molecule has 0 aromatic carbocycles. The summed E-state index contributed by atoms with van der Waals surface area (Å²) in [5.74, 6) is -19.9. The molecule has 21 heteroatoms. The van der Waals surface area contributed by atoms with E-state index in [0.29, 0.717) is 26.0 Å². The van der Waals surface area contributed by atoms with Crippen LogP contribution in [0.25, 0.3) is 0 Å². The summed E-state index contributed by atoms with van der Waals surface area (Å²) in [5, 5.41) is 0. The van der Waals surface area contributed by atoms with Gasteiger partial charge in [0.15, 0.2) is 6.10 Å². The summed E-state index contributed by atoms with van der Waals surface area (Å²) in [6, 6.07) is 0. The Kier molecular flexibility index (Phi) is 19.2. The molecule has 0 aromatic rings. The van der Waals surface area contributed by atoms with Crippen LogP contribution in [0.15, 0.2) is 37.5 Å². The van der Waals surface area contributed by atoms with Crippen molar-refractivity contribution in [1.82, 2.24) is 0 Å². The summed E-state index contributed by atoms with van der Waals surface area (Å²) in [5.41, 5.74) is 0.144. The number of carbonyl (C=O) groups is 3. The van der Waals surface area contributed by atoms with Gasteiger partial charge in [0, 0.05) is 24.1 Å². The highest BCUT2D eigenvalue weighted by molar-refractivity contribution is 5.86. The maximum Gasteiger partial charge on any atom is 0.457 e. The van der Waals surface area contributed by atoms with Crippen molar-refractivity contribution in [2.45, 2.75) is 95.5 Å². The zero-order valence-electron chi connectivity index (χ0n) is 25.0. The number of ether oxygens (including phenoxy) is 3. The average molecular weight is 724 g/mol. The monoisotopic (exact) mass is 724 g/mol. The molecule has 0 amide bonds. The van der Waals surface area contributed by atoms with Crippen LogP contribution in [-0.4, -0.2) is 73.0 Å². The van der Waals surface area contributed by atoms with Crippen LogP contribution in [0.2, 0.25) is 0 Å². The van der Waals surface area contributed by atoms with Crippen LogP contribution in [0.3, 0.4) is 0 Å². The highest BCUT2D eigenvalue weighted by atomic mass is 19.4. The summed E-state index contributed by atoms with van der Waals surface area (Å²) >= 11 is 0. The standard InChI is InChI=1S/C10H13F5O2.C9H11F5O2.C7H7F5O2/c1-7(2)8(16)17-6-4-3-5-9(11,12)10(13,14)15;1-4-7(15)16-6(3)5(2)8(10,11)9(12,13)14;1-3-5(13)14-4(2)6(8,9)7(10,11)12/h1,3-6H2,2H3;4-6H,1H2,2-3H3;3-4H,1H2,2H3. The zero-order chi connectivity index (χ0) is 38.4. The average Bonchev–Trinajstić information content (AvgIpc) is 2.90. The minimum absolute atomic E-state index is 0.0509. The first kappa shape index (κ1) is 48.0. The minimum atomic E-state index is -5.74. The Morgan fingerprint density at radius 1 is 0.660 bits per heavy atom. The van der Waals surface area contributed by atoms with E-state index in [0.717, 1.165) is 6.92 Å². The summed E-state index contributed by atoms with van der Waals surface area (Å²) < 4.78 is 194. The quantitative estimate of drug-likeness (QED) is 0.0622. The number of rotatable bonds is 13. The number of hydrogen-bond acceptors (Lipinski definition) is 6.